The van der Waals surface area contributed by atoms with Crippen LogP contribution in [-0.4, -0.2) is 103 Å². The number of amides is 2. The van der Waals surface area contributed by atoms with Crippen molar-refractivity contribution in [1.82, 2.24) is 51.0 Å². The third-order valence-electron chi connectivity index (χ3n) is 7.49. The highest BCUT2D eigenvalue weighted by Gasteiger charge is 2.26. The van der Waals surface area contributed by atoms with Crippen LogP contribution >= 0.6 is 34.8 Å². The molecule has 0 saturated carbocycles. The minimum Gasteiger partial charge on any atom is -0.382 e. The van der Waals surface area contributed by atoms with Crippen LogP contribution in [0.5, 0.6) is 0 Å². The lowest BCUT2D eigenvalue weighted by atomic mass is 10.1. The molecule has 2 aliphatic rings. The molecular formula is C26H36Cl3N19O2. The van der Waals surface area contributed by atoms with E-state index in [1.807, 2.05) is 9.80 Å². The summed E-state index contributed by atoms with van der Waals surface area (Å²) in [6.45, 7) is 6.14. The summed E-state index contributed by atoms with van der Waals surface area (Å²) in [5.41, 5.74) is 27.7. The van der Waals surface area contributed by atoms with E-state index >= 15 is 0 Å². The molecule has 50 heavy (non-hydrogen) atoms. The van der Waals surface area contributed by atoms with Gasteiger partial charge in [-0.3, -0.25) is 31.0 Å². The molecule has 4 rings (SSSR count). The summed E-state index contributed by atoms with van der Waals surface area (Å²) < 4.78 is 0. The van der Waals surface area contributed by atoms with Crippen LogP contribution in [0, 0.1) is 10.8 Å². The number of rotatable bonds is 6. The first-order chi connectivity index (χ1) is 23.6. The lowest BCUT2D eigenvalue weighted by Gasteiger charge is -2.35. The number of nitrogens with zero attached hydrogens (tertiary/aromatic N) is 8. The van der Waals surface area contributed by atoms with Gasteiger partial charge in [0.05, 0.1) is 0 Å². The molecule has 2 aromatic heterocycles. The van der Waals surface area contributed by atoms with E-state index in [0.29, 0.717) is 57.7 Å². The van der Waals surface area contributed by atoms with Gasteiger partial charge in [-0.2, -0.15) is 9.98 Å². The second-order valence-corrected chi connectivity index (χ2v) is 12.1. The SMILES string of the molecule is C=C(/N=C(\N=C(/N)Cl)N1CCC(NC(=N)NC(=O)c2nc(Cl)c(N)nc2N)CC1)N1CCC(NC(=N)NC(=O)c2nc(Cl)c(N)nc2N)CC1. The number of amidine groups is 1. The number of halogens is 3. The number of guanidine groups is 3. The highest BCUT2D eigenvalue weighted by atomic mass is 35.5. The van der Waals surface area contributed by atoms with E-state index in [1.165, 1.54) is 0 Å². The van der Waals surface area contributed by atoms with Gasteiger partial charge in [-0.25, -0.2) is 19.9 Å². The Kier molecular flexibility index (Phi) is 12.2. The molecule has 2 saturated heterocycles. The van der Waals surface area contributed by atoms with Crippen molar-refractivity contribution in [3.05, 3.63) is 34.1 Å². The highest BCUT2D eigenvalue weighted by molar-refractivity contribution is 6.65. The number of carbonyl (C=O) groups is 2. The van der Waals surface area contributed by atoms with Crippen LogP contribution in [0.2, 0.25) is 10.3 Å². The van der Waals surface area contributed by atoms with Crippen molar-refractivity contribution in [2.75, 3.05) is 49.1 Å². The average molecular weight is 753 g/mol. The predicted octanol–water partition coefficient (Wildman–Crippen LogP) is -0.580. The van der Waals surface area contributed by atoms with Crippen molar-refractivity contribution in [2.24, 2.45) is 15.7 Å². The number of aliphatic imine (C=N–C) groups is 2. The molecule has 0 bridgehead atoms. The number of piperidine rings is 2. The van der Waals surface area contributed by atoms with Crippen molar-refractivity contribution in [1.29, 1.82) is 10.8 Å². The zero-order chi connectivity index (χ0) is 36.7. The summed E-state index contributed by atoms with van der Waals surface area (Å²) in [5, 5.41) is 26.5. The van der Waals surface area contributed by atoms with E-state index in [1.54, 1.807) is 0 Å². The van der Waals surface area contributed by atoms with Gasteiger partial charge in [0.15, 0.2) is 62.2 Å². The normalized spacial score (nSPS) is 16.1. The van der Waals surface area contributed by atoms with Crippen LogP contribution in [-0.2, 0) is 0 Å². The van der Waals surface area contributed by atoms with Crippen molar-refractivity contribution >= 4 is 93.1 Å². The Hall–Kier alpha value is -5.41. The van der Waals surface area contributed by atoms with Crippen LogP contribution in [0.4, 0.5) is 23.3 Å². The molecule has 0 aromatic carbocycles. The number of anilines is 4. The molecule has 24 heteroatoms. The van der Waals surface area contributed by atoms with Crippen LogP contribution in [0.1, 0.15) is 46.7 Å². The highest BCUT2D eigenvalue weighted by Crippen LogP contribution is 2.20. The van der Waals surface area contributed by atoms with Gasteiger partial charge in [-0.15, -0.1) is 0 Å². The second-order valence-electron chi connectivity index (χ2n) is 11.0. The first-order valence-corrected chi connectivity index (χ1v) is 16.0. The predicted molar refractivity (Wildman–Crippen MR) is 192 cm³/mol. The molecule has 16 N–H and O–H groups in total. The third kappa shape index (κ3) is 9.83. The van der Waals surface area contributed by atoms with Crippen molar-refractivity contribution in [3.8, 4) is 0 Å². The number of carbonyl (C=O) groups excluding carboxylic acids is 2. The average Bonchev–Trinajstić information content (AvgIpc) is 3.04. The summed E-state index contributed by atoms with van der Waals surface area (Å²) in [7, 11) is 0. The fourth-order valence-corrected chi connectivity index (χ4v) is 5.33. The minimum absolute atomic E-state index is 0.110. The van der Waals surface area contributed by atoms with E-state index in [9.17, 15) is 9.59 Å². The minimum atomic E-state index is -0.766. The maximum atomic E-state index is 12.5. The van der Waals surface area contributed by atoms with Gasteiger partial charge in [-0.05, 0) is 37.3 Å². The molecule has 4 heterocycles. The van der Waals surface area contributed by atoms with Crippen molar-refractivity contribution < 1.29 is 9.59 Å². The van der Waals surface area contributed by atoms with Gasteiger partial charge in [-0.1, -0.05) is 29.8 Å². The zero-order valence-corrected chi connectivity index (χ0v) is 28.7. The number of likely N-dealkylation sites (tertiary alicyclic amines) is 2. The molecule has 2 fully saturated rings. The van der Waals surface area contributed by atoms with E-state index in [-0.39, 0.29) is 80.2 Å². The zero-order valence-electron chi connectivity index (χ0n) is 26.4. The fourth-order valence-electron chi connectivity index (χ4n) is 5.00. The third-order valence-corrected chi connectivity index (χ3v) is 8.13. The van der Waals surface area contributed by atoms with Crippen LogP contribution in [0.3, 0.4) is 0 Å². The Morgan fingerprint density at radius 2 is 1.12 bits per heavy atom. The molecule has 0 spiro atoms. The largest absolute Gasteiger partial charge is 0.382 e. The van der Waals surface area contributed by atoms with Gasteiger partial charge in [0.2, 0.25) is 5.96 Å². The van der Waals surface area contributed by atoms with Gasteiger partial charge in [0.25, 0.3) is 11.8 Å². The number of nitrogen functional groups attached to an aromatic ring is 4. The lowest BCUT2D eigenvalue weighted by Crippen LogP contribution is -2.50. The van der Waals surface area contributed by atoms with E-state index in [4.69, 9.17) is 74.3 Å². The van der Waals surface area contributed by atoms with Crippen molar-refractivity contribution in [2.45, 2.75) is 37.8 Å². The number of hydrogen-bond donors (Lipinski definition) is 11. The Morgan fingerprint density at radius 1 is 0.720 bits per heavy atom. The monoisotopic (exact) mass is 751 g/mol. The summed E-state index contributed by atoms with van der Waals surface area (Å²) in [4.78, 5) is 53.0. The smallest absolute Gasteiger partial charge is 0.280 e. The van der Waals surface area contributed by atoms with E-state index in [0.717, 1.165) is 0 Å². The van der Waals surface area contributed by atoms with Gasteiger partial charge < -0.3 is 49.1 Å². The first kappa shape index (κ1) is 37.4. The Morgan fingerprint density at radius 3 is 1.52 bits per heavy atom. The maximum absolute atomic E-state index is 12.5. The molecule has 21 nitrogen and oxygen atoms in total. The van der Waals surface area contributed by atoms with Gasteiger partial charge in [0.1, 0.15) is 5.82 Å². The molecule has 2 aromatic rings. The Balaban J connectivity index is 1.25. The molecule has 0 aliphatic carbocycles. The molecular weight excluding hydrogens is 717 g/mol. The molecule has 2 amide bonds. The molecule has 2 aliphatic heterocycles. The van der Waals surface area contributed by atoms with E-state index in [2.05, 4.69) is 57.8 Å². The molecule has 268 valence electrons. The Labute approximate surface area is 300 Å². The number of hydrogen-bond acceptors (Lipinski definition) is 14. The summed E-state index contributed by atoms with van der Waals surface area (Å²) in [6, 6.07) is -0.293. The maximum Gasteiger partial charge on any atom is 0.280 e. The van der Waals surface area contributed by atoms with Crippen molar-refractivity contribution in [3.63, 3.8) is 0 Å². The molecule has 0 unspecified atom stereocenters. The summed E-state index contributed by atoms with van der Waals surface area (Å²) in [6.07, 6.45) is 2.31. The van der Waals surface area contributed by atoms with Gasteiger partial charge >= 0.3 is 0 Å². The molecule has 0 atom stereocenters. The van der Waals surface area contributed by atoms with Crippen LogP contribution < -0.4 is 49.9 Å². The lowest BCUT2D eigenvalue weighted by molar-refractivity contribution is 0.0962. The molecule has 0 radical (unpaired) electrons. The number of nitrogens with one attached hydrogen (secondary N) is 6. The summed E-state index contributed by atoms with van der Waals surface area (Å²) in [5.74, 6) is -1.96. The number of aromatic nitrogens is 4. The topological polar surface area (TPSA) is 343 Å². The standard InChI is InChI=1S/C26H36Cl3N19O2/c1-10(47-6-2-11(3-7-47)38-24(35)44-21(49)13-17(30)42-19(32)15(27)40-13)37-26(46-23(29)34)48-8-4-12(5-9-48)39-25(36)45-22(50)14-18(31)43-20(33)16(28)41-14/h11-12H,1-9H2,(H4,30,32,42)(H4,31,33,43)(H2,34,37,46)(H3,35,38,44,49)(H3,36,39,45,50). The van der Waals surface area contributed by atoms with Crippen LogP contribution in [0.25, 0.3) is 0 Å². The quantitative estimate of drug-likeness (QED) is 0.0999. The summed E-state index contributed by atoms with van der Waals surface area (Å²) >= 11 is 17.6. The second kappa shape index (κ2) is 16.3. The van der Waals surface area contributed by atoms with Gasteiger partial charge in [0, 0.05) is 38.3 Å². The number of nitrogens with two attached hydrogens (primary N) is 5. The first-order valence-electron chi connectivity index (χ1n) is 14.9. The van der Waals surface area contributed by atoms with E-state index < -0.39 is 11.8 Å². The van der Waals surface area contributed by atoms with Crippen LogP contribution in [0.15, 0.2) is 22.4 Å². The fraction of sp³-hybridized carbons (Fsp3) is 0.385. The Bertz CT molecular complexity index is 1730.